The van der Waals surface area contributed by atoms with E-state index in [9.17, 15) is 0 Å². The van der Waals surface area contributed by atoms with Gasteiger partial charge in [-0.2, -0.15) is 0 Å². The highest BCUT2D eigenvalue weighted by Crippen LogP contribution is 2.47. The van der Waals surface area contributed by atoms with E-state index in [1.54, 1.807) is 0 Å². The first kappa shape index (κ1) is 39.2. The van der Waals surface area contributed by atoms with Crippen LogP contribution in [0.4, 0.5) is 0 Å². The zero-order chi connectivity index (χ0) is 45.4. The Labute approximate surface area is 401 Å². The average Bonchev–Trinajstić information content (AvgIpc) is 4.09. The van der Waals surface area contributed by atoms with E-state index in [1.807, 2.05) is 29.5 Å². The van der Waals surface area contributed by atoms with Gasteiger partial charge in [0, 0.05) is 69.8 Å². The molecular weight excluding hydrogens is 859 g/mol. The van der Waals surface area contributed by atoms with Gasteiger partial charge in [-0.05, 0) is 76.9 Å². The first-order chi connectivity index (χ1) is 34.2. The molecule has 0 unspecified atom stereocenters. The van der Waals surface area contributed by atoms with E-state index >= 15 is 0 Å². The summed E-state index contributed by atoms with van der Waals surface area (Å²) in [6.07, 6.45) is 0. The number of aromatic nitrogens is 5. The molecule has 0 fully saturated rings. The topological polar surface area (TPSA) is 48.5 Å². The molecule has 69 heavy (non-hydrogen) atoms. The fraction of sp³-hybridized carbons (Fsp3) is 0. The molecular formula is C63H39N5S. The third kappa shape index (κ3) is 6.34. The lowest BCUT2D eigenvalue weighted by molar-refractivity contribution is 1.08. The summed E-state index contributed by atoms with van der Waals surface area (Å²) in [5, 5.41) is 7.00. The molecule has 0 aliphatic carbocycles. The van der Waals surface area contributed by atoms with E-state index in [2.05, 4.69) is 228 Å². The minimum atomic E-state index is 0.620. The molecule has 0 saturated heterocycles. The third-order valence-electron chi connectivity index (χ3n) is 13.6. The lowest BCUT2D eigenvalue weighted by Gasteiger charge is -2.13. The number of hydrogen-bond acceptors (Lipinski definition) is 4. The summed E-state index contributed by atoms with van der Waals surface area (Å²) in [7, 11) is 0. The van der Waals surface area contributed by atoms with Crippen LogP contribution < -0.4 is 0 Å². The van der Waals surface area contributed by atoms with Crippen LogP contribution in [-0.4, -0.2) is 24.1 Å². The minimum absolute atomic E-state index is 0.620. The van der Waals surface area contributed by atoms with Gasteiger partial charge in [-0.3, -0.25) is 0 Å². The van der Waals surface area contributed by atoms with Gasteiger partial charge in [-0.1, -0.05) is 182 Å². The average molecular weight is 898 g/mol. The van der Waals surface area contributed by atoms with E-state index < -0.39 is 0 Å². The molecule has 0 atom stereocenters. The lowest BCUT2D eigenvalue weighted by Crippen LogP contribution is -2.02. The fourth-order valence-electron chi connectivity index (χ4n) is 10.5. The van der Waals surface area contributed by atoms with E-state index in [0.717, 1.165) is 71.0 Å². The van der Waals surface area contributed by atoms with Gasteiger partial charge in [-0.15, -0.1) is 11.3 Å². The summed E-state index contributed by atoms with van der Waals surface area (Å²) in [5.74, 6) is 1.86. The van der Waals surface area contributed by atoms with E-state index in [4.69, 9.17) is 15.0 Å². The van der Waals surface area contributed by atoms with Crippen LogP contribution >= 0.6 is 11.3 Å². The van der Waals surface area contributed by atoms with E-state index in [-0.39, 0.29) is 0 Å². The standard InChI is InChI=1S/C63H39N5S/c1-4-19-40(20-5-1)42-23-16-24-43(37-42)46-30-17-31-49-52-38-45(68-54-33-13-10-27-47(54)48-28-11-14-34-55(48)68)39-53(60(52)69-59(46)49)63-65-61(41-21-6-2-7-22-41)64-62(66-63)51-32-18-36-57-58(51)50-29-12-15-35-56(50)67(57)44-25-8-3-9-26-44/h1-39H. The van der Waals surface area contributed by atoms with Gasteiger partial charge in [0.2, 0.25) is 0 Å². The molecule has 0 N–H and O–H groups in total. The monoisotopic (exact) mass is 897 g/mol. The second-order valence-corrected chi connectivity index (χ2v) is 18.6. The van der Waals surface area contributed by atoms with Crippen molar-refractivity contribution in [2.24, 2.45) is 0 Å². The predicted octanol–water partition coefficient (Wildman–Crippen LogP) is 16.8. The fourth-order valence-corrected chi connectivity index (χ4v) is 11.8. The van der Waals surface area contributed by atoms with Crippen molar-refractivity contribution in [3.05, 3.63) is 237 Å². The molecule has 0 amide bonds. The zero-order valence-corrected chi connectivity index (χ0v) is 38.0. The summed E-state index contributed by atoms with van der Waals surface area (Å²) in [6, 6.07) is 84.4. The predicted molar refractivity (Wildman–Crippen MR) is 289 cm³/mol. The van der Waals surface area contributed by atoms with Crippen molar-refractivity contribution < 1.29 is 0 Å². The van der Waals surface area contributed by atoms with Gasteiger partial charge >= 0.3 is 0 Å². The van der Waals surface area contributed by atoms with Crippen LogP contribution in [-0.2, 0) is 0 Å². The SMILES string of the molecule is c1ccc(-c2cccc(-c3cccc4c3sc3c(-c5nc(-c6ccccc6)nc(-c6cccc7c6c6ccccc6n7-c6ccccc6)n5)cc(-n5c6ccccc6c6ccccc65)cc34)c2)cc1. The van der Waals surface area contributed by atoms with Gasteiger partial charge in [-0.25, -0.2) is 15.0 Å². The largest absolute Gasteiger partial charge is 0.309 e. The summed E-state index contributed by atoms with van der Waals surface area (Å²) in [5.41, 5.74) is 14.2. The molecule has 4 heterocycles. The van der Waals surface area contributed by atoms with E-state index in [0.29, 0.717) is 17.5 Å². The lowest BCUT2D eigenvalue weighted by atomic mass is 9.97. The van der Waals surface area contributed by atoms with Crippen molar-refractivity contribution in [3.8, 4) is 67.8 Å². The van der Waals surface area contributed by atoms with Crippen molar-refractivity contribution in [1.29, 1.82) is 0 Å². The van der Waals surface area contributed by atoms with Gasteiger partial charge in [0.1, 0.15) is 0 Å². The van der Waals surface area contributed by atoms with Crippen LogP contribution in [0.2, 0.25) is 0 Å². The van der Waals surface area contributed by atoms with Gasteiger partial charge in [0.05, 0.1) is 22.1 Å². The Bertz CT molecular complexity index is 4250. The van der Waals surface area contributed by atoms with Crippen LogP contribution in [0.5, 0.6) is 0 Å². The molecule has 322 valence electrons. The number of benzene rings is 10. The normalized spacial score (nSPS) is 11.8. The Morgan fingerprint density at radius 1 is 0.275 bits per heavy atom. The Kier molecular flexibility index (Phi) is 9.00. The molecule has 14 rings (SSSR count). The molecule has 0 radical (unpaired) electrons. The highest BCUT2D eigenvalue weighted by Gasteiger charge is 2.24. The molecule has 0 spiro atoms. The van der Waals surface area contributed by atoms with Gasteiger partial charge < -0.3 is 9.13 Å². The number of thiophene rings is 1. The number of hydrogen-bond donors (Lipinski definition) is 0. The van der Waals surface area contributed by atoms with Crippen LogP contribution in [0.25, 0.3) is 132 Å². The first-order valence-electron chi connectivity index (χ1n) is 23.3. The summed E-state index contributed by atoms with van der Waals surface area (Å²) >= 11 is 1.82. The summed E-state index contributed by atoms with van der Waals surface area (Å²) in [4.78, 5) is 16.4. The van der Waals surface area contributed by atoms with Gasteiger partial charge in [0.15, 0.2) is 17.5 Å². The Morgan fingerprint density at radius 2 is 0.754 bits per heavy atom. The summed E-state index contributed by atoms with van der Waals surface area (Å²) in [6.45, 7) is 0. The second-order valence-electron chi connectivity index (χ2n) is 17.5. The Balaban J connectivity index is 1.07. The maximum Gasteiger partial charge on any atom is 0.165 e. The van der Waals surface area contributed by atoms with Crippen molar-refractivity contribution in [1.82, 2.24) is 24.1 Å². The second kappa shape index (κ2) is 15.8. The minimum Gasteiger partial charge on any atom is -0.309 e. The highest BCUT2D eigenvalue weighted by atomic mass is 32.1. The van der Waals surface area contributed by atoms with Crippen LogP contribution in [0, 0.1) is 0 Å². The third-order valence-corrected chi connectivity index (χ3v) is 14.9. The van der Waals surface area contributed by atoms with E-state index in [1.165, 1.54) is 43.1 Å². The molecule has 0 aliphatic rings. The van der Waals surface area contributed by atoms with Crippen LogP contribution in [0.3, 0.4) is 0 Å². The Morgan fingerprint density at radius 3 is 1.48 bits per heavy atom. The van der Waals surface area contributed by atoms with Crippen molar-refractivity contribution in [2.45, 2.75) is 0 Å². The Hall–Kier alpha value is -8.97. The quantitative estimate of drug-likeness (QED) is 0.160. The molecule has 0 bridgehead atoms. The molecule has 10 aromatic carbocycles. The molecule has 14 aromatic rings. The zero-order valence-electron chi connectivity index (χ0n) is 37.2. The van der Waals surface area contributed by atoms with Gasteiger partial charge in [0.25, 0.3) is 0 Å². The maximum atomic E-state index is 5.60. The number of para-hydroxylation sites is 4. The van der Waals surface area contributed by atoms with Crippen molar-refractivity contribution in [3.63, 3.8) is 0 Å². The van der Waals surface area contributed by atoms with Crippen LogP contribution in [0.15, 0.2) is 237 Å². The first-order valence-corrected chi connectivity index (χ1v) is 24.1. The molecule has 4 aromatic heterocycles. The van der Waals surface area contributed by atoms with Crippen molar-refractivity contribution in [2.75, 3.05) is 0 Å². The molecule has 5 nitrogen and oxygen atoms in total. The summed E-state index contributed by atoms with van der Waals surface area (Å²) < 4.78 is 7.09. The smallest absolute Gasteiger partial charge is 0.165 e. The molecule has 6 heteroatoms. The highest BCUT2D eigenvalue weighted by molar-refractivity contribution is 7.26. The molecule has 0 aliphatic heterocycles. The number of nitrogens with zero attached hydrogens (tertiary/aromatic N) is 5. The molecule has 0 saturated carbocycles. The number of fused-ring (bicyclic) bond motifs is 9. The maximum absolute atomic E-state index is 5.60. The van der Waals surface area contributed by atoms with Crippen molar-refractivity contribution >= 4 is 75.1 Å². The van der Waals surface area contributed by atoms with Crippen LogP contribution in [0.1, 0.15) is 0 Å². The number of rotatable bonds is 7.